The molecule has 1 aromatic carbocycles. The molecule has 2 aliphatic heterocycles. The Labute approximate surface area is 166 Å². The minimum atomic E-state index is 0.895. The maximum absolute atomic E-state index is 5.55. The van der Waals surface area contributed by atoms with E-state index in [4.69, 9.17) is 9.72 Å². The molecule has 0 unspecified atom stereocenters. The Bertz CT molecular complexity index is 676. The van der Waals surface area contributed by atoms with Gasteiger partial charge in [-0.1, -0.05) is 30.3 Å². The van der Waals surface area contributed by atoms with Gasteiger partial charge in [0.25, 0.3) is 0 Å². The van der Waals surface area contributed by atoms with Crippen LogP contribution >= 0.6 is 11.3 Å². The molecule has 2 aliphatic rings. The molecule has 27 heavy (non-hydrogen) atoms. The molecule has 2 saturated heterocycles. The van der Waals surface area contributed by atoms with Crippen LogP contribution in [0.2, 0.25) is 0 Å². The second-order valence-electron chi connectivity index (χ2n) is 7.42. The van der Waals surface area contributed by atoms with Crippen LogP contribution in [0, 0.1) is 0 Å². The van der Waals surface area contributed by atoms with Crippen LogP contribution in [-0.4, -0.2) is 85.3 Å². The molecule has 0 N–H and O–H groups in total. The highest BCUT2D eigenvalue weighted by molar-refractivity contribution is 7.09. The predicted molar refractivity (Wildman–Crippen MR) is 111 cm³/mol. The SMILES string of the molecule is c1ccc(-c2csc(CN3CCN(CCN4CCCOCC4)CC3)n2)cc1. The monoisotopic (exact) mass is 386 g/mol. The Kier molecular flexibility index (Phi) is 6.87. The molecule has 6 heteroatoms. The van der Waals surface area contributed by atoms with Crippen molar-refractivity contribution in [2.45, 2.75) is 13.0 Å². The highest BCUT2D eigenvalue weighted by Gasteiger charge is 2.19. The van der Waals surface area contributed by atoms with Gasteiger partial charge in [0.2, 0.25) is 0 Å². The highest BCUT2D eigenvalue weighted by Crippen LogP contribution is 2.22. The van der Waals surface area contributed by atoms with E-state index in [1.807, 2.05) is 0 Å². The molecule has 2 fully saturated rings. The summed E-state index contributed by atoms with van der Waals surface area (Å²) in [7, 11) is 0. The van der Waals surface area contributed by atoms with Crippen molar-refractivity contribution in [2.24, 2.45) is 0 Å². The average Bonchev–Trinajstić information content (AvgIpc) is 3.02. The van der Waals surface area contributed by atoms with Crippen LogP contribution in [0.3, 0.4) is 0 Å². The summed E-state index contributed by atoms with van der Waals surface area (Å²) < 4.78 is 5.55. The van der Waals surface area contributed by atoms with Crippen LogP contribution in [0.1, 0.15) is 11.4 Å². The maximum Gasteiger partial charge on any atom is 0.107 e. The second kappa shape index (κ2) is 9.75. The summed E-state index contributed by atoms with van der Waals surface area (Å²) in [5.41, 5.74) is 2.32. The van der Waals surface area contributed by atoms with E-state index in [0.29, 0.717) is 0 Å². The normalized spacial score (nSPS) is 20.6. The first-order valence-corrected chi connectivity index (χ1v) is 11.0. The molecular weight excluding hydrogens is 356 g/mol. The lowest BCUT2D eigenvalue weighted by Gasteiger charge is -2.35. The molecule has 0 radical (unpaired) electrons. The fourth-order valence-corrected chi connectivity index (χ4v) is 4.64. The van der Waals surface area contributed by atoms with Gasteiger partial charge in [-0.05, 0) is 6.42 Å². The van der Waals surface area contributed by atoms with Gasteiger partial charge in [0.1, 0.15) is 5.01 Å². The van der Waals surface area contributed by atoms with Gasteiger partial charge in [-0.15, -0.1) is 11.3 Å². The zero-order chi connectivity index (χ0) is 18.3. The third kappa shape index (κ3) is 5.59. The average molecular weight is 387 g/mol. The van der Waals surface area contributed by atoms with Gasteiger partial charge in [-0.25, -0.2) is 4.98 Å². The maximum atomic E-state index is 5.55. The first-order chi connectivity index (χ1) is 13.4. The molecule has 0 amide bonds. The molecule has 4 rings (SSSR count). The van der Waals surface area contributed by atoms with Crippen LogP contribution in [0.5, 0.6) is 0 Å². The smallest absolute Gasteiger partial charge is 0.107 e. The van der Waals surface area contributed by atoms with Crippen LogP contribution < -0.4 is 0 Å². The molecule has 1 aromatic heterocycles. The molecule has 0 bridgehead atoms. The third-order valence-electron chi connectivity index (χ3n) is 5.49. The van der Waals surface area contributed by atoms with Gasteiger partial charge in [-0.3, -0.25) is 14.7 Å². The van der Waals surface area contributed by atoms with E-state index in [9.17, 15) is 0 Å². The number of ether oxygens (including phenoxy) is 1. The van der Waals surface area contributed by atoms with Crippen molar-refractivity contribution in [3.8, 4) is 11.3 Å². The Morgan fingerprint density at radius 2 is 1.59 bits per heavy atom. The van der Waals surface area contributed by atoms with Gasteiger partial charge in [-0.2, -0.15) is 0 Å². The minimum absolute atomic E-state index is 0.895. The largest absolute Gasteiger partial charge is 0.380 e. The van der Waals surface area contributed by atoms with Crippen molar-refractivity contribution < 1.29 is 4.74 Å². The van der Waals surface area contributed by atoms with Crippen molar-refractivity contribution >= 4 is 11.3 Å². The van der Waals surface area contributed by atoms with Gasteiger partial charge in [0.15, 0.2) is 0 Å². The van der Waals surface area contributed by atoms with Crippen LogP contribution in [0.15, 0.2) is 35.7 Å². The van der Waals surface area contributed by atoms with Gasteiger partial charge in [0.05, 0.1) is 18.8 Å². The number of rotatable bonds is 6. The number of hydrogen-bond acceptors (Lipinski definition) is 6. The van der Waals surface area contributed by atoms with Crippen molar-refractivity contribution in [1.82, 2.24) is 19.7 Å². The predicted octanol–water partition coefficient (Wildman–Crippen LogP) is 2.65. The Morgan fingerprint density at radius 3 is 2.41 bits per heavy atom. The minimum Gasteiger partial charge on any atom is -0.380 e. The zero-order valence-corrected chi connectivity index (χ0v) is 16.9. The lowest BCUT2D eigenvalue weighted by molar-refractivity contribution is 0.110. The molecule has 3 heterocycles. The van der Waals surface area contributed by atoms with Crippen LogP contribution in [0.4, 0.5) is 0 Å². The zero-order valence-electron chi connectivity index (χ0n) is 16.1. The highest BCUT2D eigenvalue weighted by atomic mass is 32.1. The topological polar surface area (TPSA) is 31.8 Å². The molecule has 146 valence electrons. The quantitative estimate of drug-likeness (QED) is 0.762. The molecule has 0 atom stereocenters. The molecule has 2 aromatic rings. The van der Waals surface area contributed by atoms with E-state index in [0.717, 1.165) is 45.1 Å². The van der Waals surface area contributed by atoms with Gasteiger partial charge < -0.3 is 4.74 Å². The van der Waals surface area contributed by atoms with Crippen molar-refractivity contribution in [3.63, 3.8) is 0 Å². The summed E-state index contributed by atoms with van der Waals surface area (Å²) in [6.45, 7) is 12.1. The summed E-state index contributed by atoms with van der Waals surface area (Å²) in [5, 5.41) is 3.41. The fourth-order valence-electron chi connectivity index (χ4n) is 3.79. The summed E-state index contributed by atoms with van der Waals surface area (Å²) in [5.74, 6) is 0. The summed E-state index contributed by atoms with van der Waals surface area (Å²) >= 11 is 1.78. The number of nitrogens with zero attached hydrogens (tertiary/aromatic N) is 4. The number of benzene rings is 1. The Hall–Kier alpha value is -1.31. The summed E-state index contributed by atoms with van der Waals surface area (Å²) in [6.07, 6.45) is 1.17. The molecule has 5 nitrogen and oxygen atoms in total. The summed E-state index contributed by atoms with van der Waals surface area (Å²) in [6, 6.07) is 10.5. The summed E-state index contributed by atoms with van der Waals surface area (Å²) in [4.78, 5) is 12.6. The molecule has 0 saturated carbocycles. The van der Waals surface area contributed by atoms with E-state index < -0.39 is 0 Å². The fraction of sp³-hybridized carbons (Fsp3) is 0.571. The van der Waals surface area contributed by atoms with Crippen molar-refractivity contribution in [2.75, 3.05) is 65.6 Å². The molecule has 0 spiro atoms. The van der Waals surface area contributed by atoms with E-state index in [1.165, 1.54) is 49.7 Å². The Morgan fingerprint density at radius 1 is 0.852 bits per heavy atom. The number of piperazine rings is 1. The molecular formula is C21H30N4OS. The number of hydrogen-bond donors (Lipinski definition) is 0. The van der Waals surface area contributed by atoms with Crippen molar-refractivity contribution in [1.29, 1.82) is 0 Å². The first-order valence-electron chi connectivity index (χ1n) is 10.1. The van der Waals surface area contributed by atoms with E-state index >= 15 is 0 Å². The number of thiazole rings is 1. The van der Waals surface area contributed by atoms with E-state index in [-0.39, 0.29) is 0 Å². The Balaban J connectivity index is 1.20. The van der Waals surface area contributed by atoms with Gasteiger partial charge >= 0.3 is 0 Å². The third-order valence-corrected chi connectivity index (χ3v) is 6.33. The van der Waals surface area contributed by atoms with Crippen LogP contribution in [-0.2, 0) is 11.3 Å². The lowest BCUT2D eigenvalue weighted by atomic mass is 10.2. The van der Waals surface area contributed by atoms with Gasteiger partial charge in [0, 0.05) is 69.9 Å². The number of aromatic nitrogens is 1. The van der Waals surface area contributed by atoms with E-state index in [1.54, 1.807) is 11.3 Å². The van der Waals surface area contributed by atoms with Crippen LogP contribution in [0.25, 0.3) is 11.3 Å². The van der Waals surface area contributed by atoms with Crippen molar-refractivity contribution in [3.05, 3.63) is 40.7 Å². The van der Waals surface area contributed by atoms with E-state index in [2.05, 4.69) is 50.4 Å². The first kappa shape index (κ1) is 19.0. The molecule has 0 aliphatic carbocycles. The second-order valence-corrected chi connectivity index (χ2v) is 8.36. The standard InChI is InChI=1S/C21H30N4OS/c1-2-5-19(6-3-1)20-18-27-21(22-20)17-25-12-10-24(11-13-25)9-8-23-7-4-15-26-16-14-23/h1-3,5-6,18H,4,7-17H2. The lowest BCUT2D eigenvalue weighted by Crippen LogP contribution is -2.48.